The zero-order valence-electron chi connectivity index (χ0n) is 13.9. The van der Waals surface area contributed by atoms with Crippen LogP contribution in [0.15, 0.2) is 24.3 Å². The van der Waals surface area contributed by atoms with Gasteiger partial charge in [0.25, 0.3) is 0 Å². The van der Waals surface area contributed by atoms with Gasteiger partial charge in [0.1, 0.15) is 23.0 Å². The molecule has 2 aromatic rings. The van der Waals surface area contributed by atoms with E-state index in [4.69, 9.17) is 18.9 Å². The Bertz CT molecular complexity index is 722. The maximum atomic E-state index is 11.7. The Balaban J connectivity index is 2.87. The summed E-state index contributed by atoms with van der Waals surface area (Å²) in [5.41, 5.74) is 2.72. The number of rotatable bonds is 6. The number of carbonyl (C=O) groups is 1. The summed E-state index contributed by atoms with van der Waals surface area (Å²) in [5.74, 6) is 2.32. The van der Waals surface area contributed by atoms with E-state index in [1.165, 1.54) is 7.11 Å². The van der Waals surface area contributed by atoms with E-state index in [2.05, 4.69) is 0 Å². The Kier molecular flexibility index (Phi) is 5.11. The van der Waals surface area contributed by atoms with Crippen LogP contribution in [-0.2, 0) is 0 Å². The molecule has 0 fully saturated rings. The van der Waals surface area contributed by atoms with Crippen molar-refractivity contribution >= 4 is 6.29 Å². The van der Waals surface area contributed by atoms with Crippen LogP contribution in [0.25, 0.3) is 11.1 Å². The molecule has 0 spiro atoms. The number of hydrogen-bond acceptors (Lipinski definition) is 5. The molecule has 0 unspecified atom stereocenters. The van der Waals surface area contributed by atoms with Crippen LogP contribution >= 0.6 is 0 Å². The smallest absolute Gasteiger partial charge is 0.154 e. The SMILES string of the molecule is COc1cc(C)c(-c2c(OC)ccc(OC)c2C=O)c(OC)c1. The molecule has 0 aromatic heterocycles. The topological polar surface area (TPSA) is 54.0 Å². The van der Waals surface area contributed by atoms with Gasteiger partial charge in [-0.05, 0) is 30.7 Å². The highest BCUT2D eigenvalue weighted by Gasteiger charge is 2.22. The third kappa shape index (κ3) is 2.95. The predicted octanol–water partition coefficient (Wildman–Crippen LogP) is 3.51. The molecule has 23 heavy (non-hydrogen) atoms. The summed E-state index contributed by atoms with van der Waals surface area (Å²) in [5, 5.41) is 0. The van der Waals surface area contributed by atoms with Crippen LogP contribution in [0.2, 0.25) is 0 Å². The molecule has 0 N–H and O–H groups in total. The fourth-order valence-electron chi connectivity index (χ4n) is 2.63. The van der Waals surface area contributed by atoms with Crippen molar-refractivity contribution in [2.45, 2.75) is 6.92 Å². The minimum Gasteiger partial charge on any atom is -0.497 e. The molecule has 5 nitrogen and oxygen atoms in total. The molecular weight excluding hydrogens is 296 g/mol. The van der Waals surface area contributed by atoms with Gasteiger partial charge in [0, 0.05) is 17.2 Å². The van der Waals surface area contributed by atoms with E-state index in [1.807, 2.05) is 13.0 Å². The van der Waals surface area contributed by atoms with Gasteiger partial charge in [-0.2, -0.15) is 0 Å². The van der Waals surface area contributed by atoms with Crippen molar-refractivity contribution in [1.82, 2.24) is 0 Å². The van der Waals surface area contributed by atoms with E-state index in [9.17, 15) is 4.79 Å². The molecule has 0 saturated heterocycles. The van der Waals surface area contributed by atoms with Crippen molar-refractivity contribution in [3.8, 4) is 34.1 Å². The lowest BCUT2D eigenvalue weighted by Crippen LogP contribution is -2.01. The Morgan fingerprint density at radius 3 is 1.91 bits per heavy atom. The molecule has 0 heterocycles. The van der Waals surface area contributed by atoms with Crippen molar-refractivity contribution in [2.24, 2.45) is 0 Å². The number of aryl methyl sites for hydroxylation is 1. The van der Waals surface area contributed by atoms with Crippen molar-refractivity contribution in [1.29, 1.82) is 0 Å². The number of carbonyl (C=O) groups excluding carboxylic acids is 1. The van der Waals surface area contributed by atoms with E-state index >= 15 is 0 Å². The van der Waals surface area contributed by atoms with E-state index in [0.717, 1.165) is 17.4 Å². The summed E-state index contributed by atoms with van der Waals surface area (Å²) >= 11 is 0. The first-order chi connectivity index (χ1) is 11.1. The van der Waals surface area contributed by atoms with E-state index in [1.54, 1.807) is 39.5 Å². The summed E-state index contributed by atoms with van der Waals surface area (Å²) in [6, 6.07) is 7.13. The van der Waals surface area contributed by atoms with Crippen molar-refractivity contribution < 1.29 is 23.7 Å². The summed E-state index contributed by atoms with van der Waals surface area (Å²) in [6.07, 6.45) is 0.764. The molecule has 0 atom stereocenters. The summed E-state index contributed by atoms with van der Waals surface area (Å²) in [7, 11) is 6.25. The second kappa shape index (κ2) is 7.05. The lowest BCUT2D eigenvalue weighted by molar-refractivity contribution is 0.112. The van der Waals surface area contributed by atoms with E-state index in [0.29, 0.717) is 34.1 Å². The lowest BCUT2D eigenvalue weighted by Gasteiger charge is -2.19. The molecule has 0 aliphatic heterocycles. The number of hydrogen-bond donors (Lipinski definition) is 0. The third-order valence-electron chi connectivity index (χ3n) is 3.70. The Labute approximate surface area is 135 Å². The lowest BCUT2D eigenvalue weighted by atomic mass is 9.93. The molecule has 0 saturated carbocycles. The van der Waals surface area contributed by atoms with Crippen molar-refractivity contribution in [3.63, 3.8) is 0 Å². The van der Waals surface area contributed by atoms with Crippen LogP contribution in [-0.4, -0.2) is 34.7 Å². The average Bonchev–Trinajstić information content (AvgIpc) is 2.59. The maximum absolute atomic E-state index is 11.7. The minimum absolute atomic E-state index is 0.415. The molecule has 0 aliphatic carbocycles. The van der Waals surface area contributed by atoms with Gasteiger partial charge in [-0.3, -0.25) is 4.79 Å². The predicted molar refractivity (Wildman–Crippen MR) is 88.2 cm³/mol. The average molecular weight is 316 g/mol. The first-order valence-corrected chi connectivity index (χ1v) is 7.04. The minimum atomic E-state index is 0.415. The number of ether oxygens (including phenoxy) is 4. The van der Waals surface area contributed by atoms with Crippen LogP contribution in [0, 0.1) is 6.92 Å². The maximum Gasteiger partial charge on any atom is 0.154 e. The van der Waals surface area contributed by atoms with Crippen LogP contribution < -0.4 is 18.9 Å². The second-order valence-electron chi connectivity index (χ2n) is 4.90. The van der Waals surface area contributed by atoms with Crippen molar-refractivity contribution in [2.75, 3.05) is 28.4 Å². The molecule has 0 bridgehead atoms. The van der Waals surface area contributed by atoms with Crippen LogP contribution in [0.5, 0.6) is 23.0 Å². The summed E-state index contributed by atoms with van der Waals surface area (Å²) in [4.78, 5) is 11.7. The zero-order valence-corrected chi connectivity index (χ0v) is 13.9. The second-order valence-corrected chi connectivity index (χ2v) is 4.90. The summed E-state index contributed by atoms with van der Waals surface area (Å²) in [6.45, 7) is 1.92. The Morgan fingerprint density at radius 2 is 1.39 bits per heavy atom. The van der Waals surface area contributed by atoms with Crippen LogP contribution in [0.1, 0.15) is 15.9 Å². The first kappa shape index (κ1) is 16.7. The highest BCUT2D eigenvalue weighted by molar-refractivity contribution is 5.96. The van der Waals surface area contributed by atoms with Gasteiger partial charge >= 0.3 is 0 Å². The normalized spacial score (nSPS) is 10.1. The molecule has 5 heteroatoms. The number of benzene rings is 2. The number of aldehydes is 1. The van der Waals surface area contributed by atoms with E-state index < -0.39 is 0 Å². The quantitative estimate of drug-likeness (QED) is 0.763. The fraction of sp³-hybridized carbons (Fsp3) is 0.278. The van der Waals surface area contributed by atoms with Crippen LogP contribution in [0.3, 0.4) is 0 Å². The Hall–Kier alpha value is -2.69. The molecule has 2 rings (SSSR count). The Morgan fingerprint density at radius 1 is 0.783 bits per heavy atom. The molecule has 122 valence electrons. The molecule has 2 aromatic carbocycles. The largest absolute Gasteiger partial charge is 0.497 e. The molecule has 0 aliphatic rings. The van der Waals surface area contributed by atoms with Crippen molar-refractivity contribution in [3.05, 3.63) is 35.4 Å². The van der Waals surface area contributed by atoms with Gasteiger partial charge < -0.3 is 18.9 Å². The van der Waals surface area contributed by atoms with Gasteiger partial charge in [0.2, 0.25) is 0 Å². The third-order valence-corrected chi connectivity index (χ3v) is 3.70. The van der Waals surface area contributed by atoms with Gasteiger partial charge in [-0.25, -0.2) is 0 Å². The monoisotopic (exact) mass is 316 g/mol. The standard InChI is InChI=1S/C18H20O5/c1-11-8-12(20-2)9-16(23-5)17(11)18-13(10-19)14(21-3)6-7-15(18)22-4/h6-10H,1-5H3. The fourth-order valence-corrected chi connectivity index (χ4v) is 2.63. The van der Waals surface area contributed by atoms with E-state index in [-0.39, 0.29) is 0 Å². The van der Waals surface area contributed by atoms with Gasteiger partial charge in [-0.15, -0.1) is 0 Å². The highest BCUT2D eigenvalue weighted by Crippen LogP contribution is 2.44. The van der Waals surface area contributed by atoms with Gasteiger partial charge in [-0.1, -0.05) is 0 Å². The molecule has 0 amide bonds. The van der Waals surface area contributed by atoms with Gasteiger partial charge in [0.05, 0.1) is 34.0 Å². The zero-order chi connectivity index (χ0) is 17.0. The van der Waals surface area contributed by atoms with Gasteiger partial charge in [0.15, 0.2) is 6.29 Å². The molecule has 0 radical (unpaired) electrons. The first-order valence-electron chi connectivity index (χ1n) is 7.04. The van der Waals surface area contributed by atoms with Crippen LogP contribution in [0.4, 0.5) is 0 Å². The highest BCUT2D eigenvalue weighted by atomic mass is 16.5. The summed E-state index contributed by atoms with van der Waals surface area (Å²) < 4.78 is 21.5. The molecular formula is C18H20O5. The number of methoxy groups -OCH3 is 4.